The van der Waals surface area contributed by atoms with Crippen LogP contribution in [0.25, 0.3) is 22.3 Å². The number of halogens is 1. The van der Waals surface area contributed by atoms with E-state index in [1.807, 2.05) is 0 Å². The number of hydrogen-bond donors (Lipinski definition) is 2. The monoisotopic (exact) mass is 314 g/mol. The molecule has 1 fully saturated rings. The van der Waals surface area contributed by atoms with Gasteiger partial charge in [0.05, 0.1) is 23.7 Å². The first kappa shape index (κ1) is 13.9. The van der Waals surface area contributed by atoms with Crippen LogP contribution >= 0.6 is 0 Å². The van der Waals surface area contributed by atoms with Gasteiger partial charge < -0.3 is 16.2 Å². The predicted octanol–water partition coefficient (Wildman–Crippen LogP) is 1.76. The van der Waals surface area contributed by atoms with E-state index >= 15 is 0 Å². The van der Waals surface area contributed by atoms with E-state index in [1.54, 1.807) is 10.7 Å². The molecule has 1 unspecified atom stereocenters. The Bertz CT molecular complexity index is 887. The zero-order valence-electron chi connectivity index (χ0n) is 12.2. The lowest BCUT2D eigenvalue weighted by atomic mass is 10.1. The van der Waals surface area contributed by atoms with E-state index in [2.05, 4.69) is 15.1 Å². The van der Waals surface area contributed by atoms with Gasteiger partial charge in [0.15, 0.2) is 5.65 Å². The molecule has 1 aliphatic heterocycles. The second-order valence-electron chi connectivity index (χ2n) is 5.50. The summed E-state index contributed by atoms with van der Waals surface area (Å²) in [5.74, 6) is -0.183. The molecule has 0 spiro atoms. The number of anilines is 2. The van der Waals surface area contributed by atoms with E-state index in [0.29, 0.717) is 41.3 Å². The van der Waals surface area contributed by atoms with Crippen molar-refractivity contribution in [1.82, 2.24) is 19.7 Å². The summed E-state index contributed by atoms with van der Waals surface area (Å²) in [5, 5.41) is 5.23. The van der Waals surface area contributed by atoms with Gasteiger partial charge in [-0.2, -0.15) is 5.10 Å². The van der Waals surface area contributed by atoms with Crippen LogP contribution in [0.1, 0.15) is 12.5 Å². The molecule has 1 saturated heterocycles. The first-order chi connectivity index (χ1) is 11.1. The van der Waals surface area contributed by atoms with Gasteiger partial charge in [0.25, 0.3) is 0 Å². The molecule has 0 bridgehead atoms. The van der Waals surface area contributed by atoms with Crippen molar-refractivity contribution < 1.29 is 9.13 Å². The molecule has 0 radical (unpaired) electrons. The molecule has 8 heteroatoms. The Morgan fingerprint density at radius 2 is 2.13 bits per heavy atom. The Balaban J connectivity index is 1.97. The Labute approximate surface area is 131 Å². The van der Waals surface area contributed by atoms with Crippen molar-refractivity contribution in [3.05, 3.63) is 30.3 Å². The molecule has 7 nitrogen and oxygen atoms in total. The SMILES string of the molecule is Nc1ccc(-c2nn(C3CCOC3)c3ncnc(N)c23)cc1F. The number of hydrogen-bond acceptors (Lipinski definition) is 6. The molecule has 0 amide bonds. The molecular formula is C15H15FN6O. The van der Waals surface area contributed by atoms with Crippen molar-refractivity contribution >= 4 is 22.5 Å². The van der Waals surface area contributed by atoms with Crippen molar-refractivity contribution in [2.45, 2.75) is 12.5 Å². The Morgan fingerprint density at radius 1 is 1.26 bits per heavy atom. The summed E-state index contributed by atoms with van der Waals surface area (Å²) < 4.78 is 21.1. The lowest BCUT2D eigenvalue weighted by Gasteiger charge is -2.08. The maximum atomic E-state index is 13.8. The molecule has 1 aromatic carbocycles. The van der Waals surface area contributed by atoms with E-state index in [0.717, 1.165) is 6.42 Å². The Kier molecular flexibility index (Phi) is 3.12. The van der Waals surface area contributed by atoms with E-state index in [9.17, 15) is 4.39 Å². The minimum Gasteiger partial charge on any atom is -0.396 e. The van der Waals surface area contributed by atoms with Gasteiger partial charge in [-0.05, 0) is 18.6 Å². The van der Waals surface area contributed by atoms with Gasteiger partial charge in [-0.1, -0.05) is 6.07 Å². The normalized spacial score (nSPS) is 17.9. The topological polar surface area (TPSA) is 105 Å². The van der Waals surface area contributed by atoms with Gasteiger partial charge in [0.1, 0.15) is 23.7 Å². The second kappa shape index (κ2) is 5.17. The van der Waals surface area contributed by atoms with Crippen molar-refractivity contribution in [1.29, 1.82) is 0 Å². The van der Waals surface area contributed by atoms with Gasteiger partial charge in [-0.15, -0.1) is 0 Å². The zero-order valence-corrected chi connectivity index (χ0v) is 12.2. The van der Waals surface area contributed by atoms with E-state index in [1.165, 1.54) is 18.5 Å². The number of aromatic nitrogens is 4. The van der Waals surface area contributed by atoms with E-state index in [4.69, 9.17) is 16.2 Å². The lowest BCUT2D eigenvalue weighted by Crippen LogP contribution is -2.11. The first-order valence-corrected chi connectivity index (χ1v) is 7.27. The summed E-state index contributed by atoms with van der Waals surface area (Å²) in [4.78, 5) is 8.35. The third kappa shape index (κ3) is 2.18. The number of benzene rings is 1. The fraction of sp³-hybridized carbons (Fsp3) is 0.267. The molecule has 118 valence electrons. The summed E-state index contributed by atoms with van der Waals surface area (Å²) in [6, 6.07) is 4.65. The van der Waals surface area contributed by atoms with Crippen LogP contribution in [0.2, 0.25) is 0 Å². The van der Waals surface area contributed by atoms with Crippen LogP contribution in [0.5, 0.6) is 0 Å². The van der Waals surface area contributed by atoms with Crippen molar-refractivity contribution in [2.75, 3.05) is 24.7 Å². The molecule has 0 aliphatic carbocycles. The molecular weight excluding hydrogens is 299 g/mol. The fourth-order valence-corrected chi connectivity index (χ4v) is 2.84. The Morgan fingerprint density at radius 3 is 2.87 bits per heavy atom. The smallest absolute Gasteiger partial charge is 0.164 e. The molecule has 23 heavy (non-hydrogen) atoms. The van der Waals surface area contributed by atoms with Crippen LogP contribution in [0.4, 0.5) is 15.9 Å². The molecule has 3 aromatic rings. The predicted molar refractivity (Wildman–Crippen MR) is 84.0 cm³/mol. The number of nitrogens with two attached hydrogens (primary N) is 2. The minimum atomic E-state index is -0.496. The quantitative estimate of drug-likeness (QED) is 0.698. The van der Waals surface area contributed by atoms with Crippen molar-refractivity contribution in [2.24, 2.45) is 0 Å². The van der Waals surface area contributed by atoms with Gasteiger partial charge in [-0.3, -0.25) is 0 Å². The summed E-state index contributed by atoms with van der Waals surface area (Å²) >= 11 is 0. The molecule has 4 rings (SSSR count). The third-order valence-electron chi connectivity index (χ3n) is 4.04. The number of rotatable bonds is 2. The summed E-state index contributed by atoms with van der Waals surface area (Å²) in [5.41, 5.74) is 13.4. The number of fused-ring (bicyclic) bond motifs is 1. The molecule has 3 heterocycles. The fourth-order valence-electron chi connectivity index (χ4n) is 2.84. The van der Waals surface area contributed by atoms with Crippen LogP contribution in [0.3, 0.4) is 0 Å². The van der Waals surface area contributed by atoms with Crippen LogP contribution in [-0.4, -0.2) is 33.0 Å². The van der Waals surface area contributed by atoms with Crippen LogP contribution in [0.15, 0.2) is 24.5 Å². The van der Waals surface area contributed by atoms with Crippen molar-refractivity contribution in [3.8, 4) is 11.3 Å². The third-order valence-corrected chi connectivity index (χ3v) is 4.04. The molecule has 1 aliphatic rings. The van der Waals surface area contributed by atoms with Crippen LogP contribution < -0.4 is 11.5 Å². The largest absolute Gasteiger partial charge is 0.396 e. The maximum absolute atomic E-state index is 13.8. The highest BCUT2D eigenvalue weighted by Gasteiger charge is 2.25. The average Bonchev–Trinajstić information content (AvgIpc) is 3.17. The standard InChI is InChI=1S/C15H15FN6O/c16-10-5-8(1-2-11(10)17)13-12-14(18)19-7-20-15(12)22(21-13)9-3-4-23-6-9/h1-2,5,7,9H,3-4,6,17H2,(H2,18,19,20). The minimum absolute atomic E-state index is 0.0826. The highest BCUT2D eigenvalue weighted by molar-refractivity contribution is 5.98. The highest BCUT2D eigenvalue weighted by atomic mass is 19.1. The Hall–Kier alpha value is -2.74. The van der Waals surface area contributed by atoms with Crippen LogP contribution in [-0.2, 0) is 4.74 Å². The van der Waals surface area contributed by atoms with Gasteiger partial charge in [0, 0.05) is 12.2 Å². The summed E-state index contributed by atoms with van der Waals surface area (Å²) in [6.45, 7) is 1.24. The number of nitrogens with zero attached hydrogens (tertiary/aromatic N) is 4. The molecule has 1 atom stereocenters. The molecule has 0 saturated carbocycles. The molecule has 2 aromatic heterocycles. The zero-order chi connectivity index (χ0) is 16.0. The van der Waals surface area contributed by atoms with E-state index < -0.39 is 5.82 Å². The van der Waals surface area contributed by atoms with Gasteiger partial charge in [-0.25, -0.2) is 19.0 Å². The number of nitrogen functional groups attached to an aromatic ring is 2. The van der Waals surface area contributed by atoms with Gasteiger partial charge in [0.2, 0.25) is 0 Å². The number of ether oxygens (including phenoxy) is 1. The van der Waals surface area contributed by atoms with Gasteiger partial charge >= 0.3 is 0 Å². The highest BCUT2D eigenvalue weighted by Crippen LogP contribution is 2.34. The summed E-state index contributed by atoms with van der Waals surface area (Å²) in [6.07, 6.45) is 2.25. The molecule has 4 N–H and O–H groups in total. The first-order valence-electron chi connectivity index (χ1n) is 7.27. The maximum Gasteiger partial charge on any atom is 0.164 e. The second-order valence-corrected chi connectivity index (χ2v) is 5.50. The van der Waals surface area contributed by atoms with Crippen LogP contribution in [0, 0.1) is 5.82 Å². The van der Waals surface area contributed by atoms with E-state index in [-0.39, 0.29) is 11.7 Å². The summed E-state index contributed by atoms with van der Waals surface area (Å²) in [7, 11) is 0. The lowest BCUT2D eigenvalue weighted by molar-refractivity contribution is 0.185. The average molecular weight is 314 g/mol. The van der Waals surface area contributed by atoms with Crippen molar-refractivity contribution in [3.63, 3.8) is 0 Å².